The maximum atomic E-state index is 12.8. The number of aromatic nitrogens is 4. The van der Waals surface area contributed by atoms with Gasteiger partial charge in [-0.1, -0.05) is 41.9 Å². The number of likely N-dealkylation sites (N-methyl/N-ethyl adjacent to an activating group) is 1. The Kier molecular flexibility index (Phi) is 5.63. The molecule has 6 nitrogen and oxygen atoms in total. The number of rotatable bonds is 6. The molecule has 0 N–H and O–H groups in total. The summed E-state index contributed by atoms with van der Waals surface area (Å²) in [7, 11) is 0. The first kappa shape index (κ1) is 18.1. The molecule has 0 radical (unpaired) electrons. The van der Waals surface area contributed by atoms with Crippen LogP contribution in [-0.4, -0.2) is 37.6 Å². The Bertz CT molecular complexity index is 863. The Hall–Kier alpha value is -2.73. The molecule has 0 saturated carbocycles. The number of tetrazole rings is 1. The van der Waals surface area contributed by atoms with Crippen molar-refractivity contribution in [2.45, 2.75) is 26.4 Å². The minimum atomic E-state index is -0.535. The lowest BCUT2D eigenvalue weighted by atomic mass is 10.2. The number of carbonyl (C=O) groups is 1. The molecule has 0 aliphatic rings. The predicted molar refractivity (Wildman–Crippen MR) is 101 cm³/mol. The molecule has 0 unspecified atom stereocenters. The van der Waals surface area contributed by atoms with Crippen molar-refractivity contribution < 1.29 is 4.79 Å². The highest BCUT2D eigenvalue weighted by Gasteiger charge is 2.23. The molecule has 1 atom stereocenters. The van der Waals surface area contributed by atoms with Gasteiger partial charge in [0, 0.05) is 23.7 Å². The average molecular weight is 370 g/mol. The molecular weight excluding hydrogens is 350 g/mol. The van der Waals surface area contributed by atoms with E-state index >= 15 is 0 Å². The van der Waals surface area contributed by atoms with Crippen molar-refractivity contribution in [2.24, 2.45) is 0 Å². The third-order valence-electron chi connectivity index (χ3n) is 4.14. The van der Waals surface area contributed by atoms with Crippen molar-refractivity contribution in [3.8, 4) is 11.4 Å². The lowest BCUT2D eigenvalue weighted by Gasteiger charge is -2.23. The van der Waals surface area contributed by atoms with Crippen LogP contribution in [0.25, 0.3) is 11.4 Å². The first-order valence-corrected chi connectivity index (χ1v) is 8.84. The number of hydrogen-bond donors (Lipinski definition) is 0. The van der Waals surface area contributed by atoms with Crippen LogP contribution in [0.5, 0.6) is 0 Å². The van der Waals surface area contributed by atoms with E-state index in [2.05, 4.69) is 15.4 Å². The van der Waals surface area contributed by atoms with E-state index in [0.717, 1.165) is 11.1 Å². The Morgan fingerprint density at radius 1 is 1.15 bits per heavy atom. The molecule has 0 saturated heterocycles. The zero-order chi connectivity index (χ0) is 18.5. The van der Waals surface area contributed by atoms with Crippen LogP contribution in [0.1, 0.15) is 25.5 Å². The quantitative estimate of drug-likeness (QED) is 0.666. The van der Waals surface area contributed by atoms with E-state index in [1.165, 1.54) is 4.80 Å². The lowest BCUT2D eigenvalue weighted by Crippen LogP contribution is -2.36. The lowest BCUT2D eigenvalue weighted by molar-refractivity contribution is -0.135. The van der Waals surface area contributed by atoms with Crippen LogP contribution in [0.3, 0.4) is 0 Å². The van der Waals surface area contributed by atoms with E-state index < -0.39 is 6.04 Å². The highest BCUT2D eigenvalue weighted by atomic mass is 35.5. The molecule has 7 heteroatoms. The predicted octanol–water partition coefficient (Wildman–Crippen LogP) is 3.60. The molecule has 0 bridgehead atoms. The van der Waals surface area contributed by atoms with Crippen LogP contribution in [0.15, 0.2) is 54.6 Å². The van der Waals surface area contributed by atoms with Gasteiger partial charge < -0.3 is 4.90 Å². The van der Waals surface area contributed by atoms with Gasteiger partial charge in [-0.3, -0.25) is 4.79 Å². The fourth-order valence-corrected chi connectivity index (χ4v) is 2.74. The molecule has 0 fully saturated rings. The SMILES string of the molecule is CCN(Cc1ccccc1)C(=O)[C@@H](C)n1nnc(-c2ccc(Cl)cc2)n1. The largest absolute Gasteiger partial charge is 0.337 e. The molecule has 134 valence electrons. The van der Waals surface area contributed by atoms with Crippen LogP contribution in [0.2, 0.25) is 5.02 Å². The summed E-state index contributed by atoms with van der Waals surface area (Å²) in [6.07, 6.45) is 0. The molecule has 3 aromatic rings. The molecular formula is C19H20ClN5O. The average Bonchev–Trinajstić information content (AvgIpc) is 3.16. The first-order chi connectivity index (χ1) is 12.6. The van der Waals surface area contributed by atoms with Gasteiger partial charge in [-0.2, -0.15) is 4.80 Å². The highest BCUT2D eigenvalue weighted by molar-refractivity contribution is 6.30. The van der Waals surface area contributed by atoms with Crippen molar-refractivity contribution in [1.82, 2.24) is 25.1 Å². The van der Waals surface area contributed by atoms with Gasteiger partial charge in [0.25, 0.3) is 0 Å². The zero-order valence-electron chi connectivity index (χ0n) is 14.7. The summed E-state index contributed by atoms with van der Waals surface area (Å²) in [5.41, 5.74) is 1.89. The third kappa shape index (κ3) is 4.08. The number of hydrogen-bond acceptors (Lipinski definition) is 4. The third-order valence-corrected chi connectivity index (χ3v) is 4.40. The second-order valence-corrected chi connectivity index (χ2v) is 6.39. The summed E-state index contributed by atoms with van der Waals surface area (Å²) in [5, 5.41) is 13.1. The number of nitrogens with zero attached hydrogens (tertiary/aromatic N) is 5. The fraction of sp³-hybridized carbons (Fsp3) is 0.263. The smallest absolute Gasteiger partial charge is 0.249 e. The van der Waals surface area contributed by atoms with Crippen molar-refractivity contribution in [1.29, 1.82) is 0 Å². The zero-order valence-corrected chi connectivity index (χ0v) is 15.5. The summed E-state index contributed by atoms with van der Waals surface area (Å²) in [6, 6.07) is 16.6. The molecule has 3 rings (SSSR count). The number of amides is 1. The van der Waals surface area contributed by atoms with Gasteiger partial charge in [0.2, 0.25) is 11.7 Å². The maximum absolute atomic E-state index is 12.8. The Morgan fingerprint density at radius 3 is 2.50 bits per heavy atom. The topological polar surface area (TPSA) is 63.9 Å². The molecule has 2 aromatic carbocycles. The number of halogens is 1. The molecule has 1 aromatic heterocycles. The second-order valence-electron chi connectivity index (χ2n) is 5.95. The Labute approximate surface area is 157 Å². The molecule has 26 heavy (non-hydrogen) atoms. The van der Waals surface area contributed by atoms with Crippen LogP contribution >= 0.6 is 11.6 Å². The summed E-state index contributed by atoms with van der Waals surface area (Å²) in [5.74, 6) is 0.420. The minimum Gasteiger partial charge on any atom is -0.337 e. The van der Waals surface area contributed by atoms with E-state index in [1.807, 2.05) is 49.4 Å². The van der Waals surface area contributed by atoms with E-state index in [1.54, 1.807) is 24.0 Å². The molecule has 1 amide bonds. The fourth-order valence-electron chi connectivity index (χ4n) is 2.62. The normalized spacial score (nSPS) is 12.0. The molecule has 0 aliphatic carbocycles. The van der Waals surface area contributed by atoms with Crippen LogP contribution in [0.4, 0.5) is 0 Å². The Balaban J connectivity index is 1.74. The van der Waals surface area contributed by atoms with Crippen molar-refractivity contribution in [2.75, 3.05) is 6.54 Å². The monoisotopic (exact) mass is 369 g/mol. The van der Waals surface area contributed by atoms with E-state index in [9.17, 15) is 4.79 Å². The van der Waals surface area contributed by atoms with Crippen LogP contribution in [-0.2, 0) is 11.3 Å². The van der Waals surface area contributed by atoms with Gasteiger partial charge in [0.15, 0.2) is 0 Å². The van der Waals surface area contributed by atoms with Gasteiger partial charge in [-0.15, -0.1) is 10.2 Å². The molecule has 0 aliphatic heterocycles. The molecule has 1 heterocycles. The first-order valence-electron chi connectivity index (χ1n) is 8.46. The molecule has 0 spiro atoms. The standard InChI is InChI=1S/C19H20ClN5O/c1-3-24(13-15-7-5-4-6-8-15)19(26)14(2)25-22-18(21-23-25)16-9-11-17(20)12-10-16/h4-12,14H,3,13H2,1-2H3/t14-/m1/s1. The van der Waals surface area contributed by atoms with Gasteiger partial charge in [0.05, 0.1) is 0 Å². The van der Waals surface area contributed by atoms with Crippen molar-refractivity contribution in [3.63, 3.8) is 0 Å². The second kappa shape index (κ2) is 8.10. The van der Waals surface area contributed by atoms with Crippen molar-refractivity contribution in [3.05, 3.63) is 65.2 Å². The summed E-state index contributed by atoms with van der Waals surface area (Å²) >= 11 is 5.90. The minimum absolute atomic E-state index is 0.0450. The Morgan fingerprint density at radius 2 is 1.85 bits per heavy atom. The summed E-state index contributed by atoms with van der Waals surface area (Å²) in [4.78, 5) is 16.0. The van der Waals surface area contributed by atoms with E-state index in [0.29, 0.717) is 23.9 Å². The van der Waals surface area contributed by atoms with Crippen LogP contribution < -0.4 is 0 Å². The van der Waals surface area contributed by atoms with E-state index in [-0.39, 0.29) is 5.91 Å². The van der Waals surface area contributed by atoms with Gasteiger partial charge >= 0.3 is 0 Å². The van der Waals surface area contributed by atoms with E-state index in [4.69, 9.17) is 11.6 Å². The van der Waals surface area contributed by atoms with Gasteiger partial charge in [-0.25, -0.2) is 0 Å². The number of carbonyl (C=O) groups excluding carboxylic acids is 1. The van der Waals surface area contributed by atoms with Gasteiger partial charge in [-0.05, 0) is 48.9 Å². The summed E-state index contributed by atoms with van der Waals surface area (Å²) in [6.45, 7) is 4.90. The van der Waals surface area contributed by atoms with Crippen molar-refractivity contribution >= 4 is 17.5 Å². The highest BCUT2D eigenvalue weighted by Crippen LogP contribution is 2.18. The maximum Gasteiger partial charge on any atom is 0.249 e. The number of benzene rings is 2. The summed E-state index contributed by atoms with van der Waals surface area (Å²) < 4.78 is 0. The van der Waals surface area contributed by atoms with Crippen LogP contribution in [0, 0.1) is 0 Å². The van der Waals surface area contributed by atoms with Gasteiger partial charge in [0.1, 0.15) is 6.04 Å².